The topological polar surface area (TPSA) is 64.3 Å². The number of aliphatic carboxylic acids is 1. The van der Waals surface area contributed by atoms with Crippen LogP contribution < -0.4 is 0 Å². The summed E-state index contributed by atoms with van der Waals surface area (Å²) in [5.41, 5.74) is 1.57. The smallest absolute Gasteiger partial charge is 0.317 e. The van der Waals surface area contributed by atoms with Crippen LogP contribution in [0.2, 0.25) is 0 Å². The standard InChI is InChI=1S/C14H18N2O2/c1-11(2)8-16(10-14(17)18)9-13-5-3-4-12(6-13)7-15/h3-6,11H,8-10H2,1-2H3,(H,17,18). The first kappa shape index (κ1) is 14.2. The van der Waals surface area contributed by atoms with Gasteiger partial charge in [-0.3, -0.25) is 9.69 Å². The van der Waals surface area contributed by atoms with Gasteiger partial charge in [-0.2, -0.15) is 5.26 Å². The Labute approximate surface area is 107 Å². The molecule has 0 aliphatic carbocycles. The number of benzene rings is 1. The van der Waals surface area contributed by atoms with E-state index in [4.69, 9.17) is 10.4 Å². The second-order valence-electron chi connectivity index (χ2n) is 4.77. The van der Waals surface area contributed by atoms with Crippen LogP contribution in [0.15, 0.2) is 24.3 Å². The molecule has 0 atom stereocenters. The van der Waals surface area contributed by atoms with E-state index in [1.54, 1.807) is 12.1 Å². The summed E-state index contributed by atoms with van der Waals surface area (Å²) in [5, 5.41) is 17.7. The largest absolute Gasteiger partial charge is 0.480 e. The molecular formula is C14H18N2O2. The molecule has 4 heteroatoms. The highest BCUT2D eigenvalue weighted by molar-refractivity contribution is 5.69. The average molecular weight is 246 g/mol. The number of nitrogens with zero attached hydrogens (tertiary/aromatic N) is 2. The monoisotopic (exact) mass is 246 g/mol. The van der Waals surface area contributed by atoms with E-state index in [0.717, 1.165) is 12.1 Å². The lowest BCUT2D eigenvalue weighted by molar-refractivity contribution is -0.138. The fourth-order valence-electron chi connectivity index (χ4n) is 1.89. The van der Waals surface area contributed by atoms with E-state index in [1.165, 1.54) is 0 Å². The van der Waals surface area contributed by atoms with E-state index in [2.05, 4.69) is 19.9 Å². The summed E-state index contributed by atoms with van der Waals surface area (Å²) in [6.45, 7) is 5.42. The van der Waals surface area contributed by atoms with Crippen molar-refractivity contribution < 1.29 is 9.90 Å². The van der Waals surface area contributed by atoms with Crippen LogP contribution in [0.1, 0.15) is 25.0 Å². The fourth-order valence-corrected chi connectivity index (χ4v) is 1.89. The van der Waals surface area contributed by atoms with Crippen LogP contribution in [0.25, 0.3) is 0 Å². The highest BCUT2D eigenvalue weighted by atomic mass is 16.4. The molecule has 18 heavy (non-hydrogen) atoms. The Morgan fingerprint density at radius 3 is 2.78 bits per heavy atom. The maximum absolute atomic E-state index is 10.8. The molecule has 0 fully saturated rings. The van der Waals surface area contributed by atoms with Gasteiger partial charge in [-0.05, 0) is 23.6 Å². The normalized spacial score (nSPS) is 10.6. The summed E-state index contributed by atoms with van der Waals surface area (Å²) in [6.07, 6.45) is 0. The lowest BCUT2D eigenvalue weighted by Gasteiger charge is -2.22. The Morgan fingerprint density at radius 1 is 1.50 bits per heavy atom. The Morgan fingerprint density at radius 2 is 2.22 bits per heavy atom. The third kappa shape index (κ3) is 4.98. The van der Waals surface area contributed by atoms with Gasteiger partial charge in [0.05, 0.1) is 18.2 Å². The Balaban J connectivity index is 2.75. The minimum absolute atomic E-state index is 0.0228. The van der Waals surface area contributed by atoms with Crippen LogP contribution >= 0.6 is 0 Å². The van der Waals surface area contributed by atoms with Gasteiger partial charge in [0.2, 0.25) is 0 Å². The zero-order valence-electron chi connectivity index (χ0n) is 10.8. The first-order chi connectivity index (χ1) is 8.51. The van der Waals surface area contributed by atoms with Gasteiger partial charge in [0, 0.05) is 13.1 Å². The van der Waals surface area contributed by atoms with Gasteiger partial charge in [-0.15, -0.1) is 0 Å². The van der Waals surface area contributed by atoms with Crippen LogP contribution in [-0.4, -0.2) is 29.1 Å². The van der Waals surface area contributed by atoms with Gasteiger partial charge < -0.3 is 5.11 Å². The summed E-state index contributed by atoms with van der Waals surface area (Å²) in [6, 6.07) is 9.37. The lowest BCUT2D eigenvalue weighted by atomic mass is 10.1. The molecule has 0 saturated carbocycles. The van der Waals surface area contributed by atoms with Crippen molar-refractivity contribution in [1.82, 2.24) is 4.90 Å². The number of carbonyl (C=O) groups is 1. The van der Waals surface area contributed by atoms with Crippen molar-refractivity contribution in [1.29, 1.82) is 5.26 Å². The maximum atomic E-state index is 10.8. The third-order valence-electron chi connectivity index (χ3n) is 2.44. The predicted molar refractivity (Wildman–Crippen MR) is 68.9 cm³/mol. The quantitative estimate of drug-likeness (QED) is 0.834. The molecule has 96 valence electrons. The zero-order chi connectivity index (χ0) is 13.5. The van der Waals surface area contributed by atoms with E-state index in [-0.39, 0.29) is 6.54 Å². The second kappa shape index (κ2) is 6.77. The van der Waals surface area contributed by atoms with Crippen LogP contribution in [0.3, 0.4) is 0 Å². The zero-order valence-corrected chi connectivity index (χ0v) is 10.8. The molecule has 0 amide bonds. The maximum Gasteiger partial charge on any atom is 0.317 e. The first-order valence-corrected chi connectivity index (χ1v) is 5.94. The van der Waals surface area contributed by atoms with Crippen molar-refractivity contribution in [2.75, 3.05) is 13.1 Å². The van der Waals surface area contributed by atoms with Crippen molar-refractivity contribution in [3.05, 3.63) is 35.4 Å². The number of carboxylic acid groups (broad SMARTS) is 1. The van der Waals surface area contributed by atoms with Gasteiger partial charge in [0.15, 0.2) is 0 Å². The molecule has 0 unspecified atom stereocenters. The Hall–Kier alpha value is -1.86. The molecule has 1 aromatic rings. The van der Waals surface area contributed by atoms with E-state index in [9.17, 15) is 4.79 Å². The highest BCUT2D eigenvalue weighted by Crippen LogP contribution is 2.09. The minimum atomic E-state index is -0.827. The average Bonchev–Trinajstić information content (AvgIpc) is 2.27. The van der Waals surface area contributed by atoms with Gasteiger partial charge in [-0.1, -0.05) is 26.0 Å². The molecule has 1 N–H and O–H groups in total. The van der Waals surface area contributed by atoms with Crippen LogP contribution in [0, 0.1) is 17.2 Å². The van der Waals surface area contributed by atoms with E-state index in [0.29, 0.717) is 18.0 Å². The van der Waals surface area contributed by atoms with E-state index >= 15 is 0 Å². The summed E-state index contributed by atoms with van der Waals surface area (Å²) in [5.74, 6) is -0.421. The first-order valence-electron chi connectivity index (χ1n) is 5.94. The third-order valence-corrected chi connectivity index (χ3v) is 2.44. The summed E-state index contributed by atoms with van der Waals surface area (Å²) < 4.78 is 0. The molecular weight excluding hydrogens is 228 g/mol. The Kier molecular flexibility index (Phi) is 5.34. The number of rotatable bonds is 6. The number of hydrogen-bond acceptors (Lipinski definition) is 3. The lowest BCUT2D eigenvalue weighted by Crippen LogP contribution is -2.32. The van der Waals surface area contributed by atoms with Crippen molar-refractivity contribution >= 4 is 5.97 Å². The van der Waals surface area contributed by atoms with Crippen molar-refractivity contribution in [2.45, 2.75) is 20.4 Å². The van der Waals surface area contributed by atoms with Crippen LogP contribution in [-0.2, 0) is 11.3 Å². The molecule has 0 aromatic heterocycles. The summed E-state index contributed by atoms with van der Waals surface area (Å²) in [7, 11) is 0. The molecule has 0 aliphatic heterocycles. The molecule has 0 bridgehead atoms. The predicted octanol–water partition coefficient (Wildman–Crippen LogP) is 2.10. The van der Waals surface area contributed by atoms with Crippen LogP contribution in [0.4, 0.5) is 0 Å². The van der Waals surface area contributed by atoms with Crippen molar-refractivity contribution in [2.24, 2.45) is 5.92 Å². The fraction of sp³-hybridized carbons (Fsp3) is 0.429. The molecule has 0 saturated heterocycles. The highest BCUT2D eigenvalue weighted by Gasteiger charge is 2.12. The number of hydrogen-bond donors (Lipinski definition) is 1. The van der Waals surface area contributed by atoms with E-state index < -0.39 is 5.97 Å². The molecule has 0 aliphatic rings. The molecule has 4 nitrogen and oxygen atoms in total. The number of carboxylic acids is 1. The Bertz CT molecular complexity index is 449. The molecule has 0 spiro atoms. The molecule has 1 rings (SSSR count). The number of nitriles is 1. The van der Waals surface area contributed by atoms with Gasteiger partial charge in [0.1, 0.15) is 0 Å². The minimum Gasteiger partial charge on any atom is -0.480 e. The molecule has 0 radical (unpaired) electrons. The van der Waals surface area contributed by atoms with Gasteiger partial charge >= 0.3 is 5.97 Å². The molecule has 1 aromatic carbocycles. The van der Waals surface area contributed by atoms with Gasteiger partial charge in [-0.25, -0.2) is 0 Å². The second-order valence-corrected chi connectivity index (χ2v) is 4.77. The SMILES string of the molecule is CC(C)CN(CC(=O)O)Cc1cccc(C#N)c1. The van der Waals surface area contributed by atoms with E-state index in [1.807, 2.05) is 17.0 Å². The van der Waals surface area contributed by atoms with Gasteiger partial charge in [0.25, 0.3) is 0 Å². The van der Waals surface area contributed by atoms with Crippen molar-refractivity contribution in [3.8, 4) is 6.07 Å². The summed E-state index contributed by atoms with van der Waals surface area (Å²) >= 11 is 0. The van der Waals surface area contributed by atoms with Crippen molar-refractivity contribution in [3.63, 3.8) is 0 Å². The van der Waals surface area contributed by atoms with Crippen LogP contribution in [0.5, 0.6) is 0 Å². The molecule has 0 heterocycles. The summed E-state index contributed by atoms with van der Waals surface area (Å²) in [4.78, 5) is 12.7.